The van der Waals surface area contributed by atoms with E-state index in [1.165, 1.54) is 0 Å². The fourth-order valence-corrected chi connectivity index (χ4v) is 3.34. The summed E-state index contributed by atoms with van der Waals surface area (Å²) in [5.41, 5.74) is 5.77. The van der Waals surface area contributed by atoms with E-state index in [9.17, 15) is 0 Å². The van der Waals surface area contributed by atoms with E-state index in [2.05, 4.69) is 21.4 Å². The number of halogens is 2. The van der Waals surface area contributed by atoms with Crippen LogP contribution in [0.1, 0.15) is 22.9 Å². The molecule has 0 aliphatic carbocycles. The Kier molecular flexibility index (Phi) is 4.04. The SMILES string of the molecule is Cc1cccc2cc(C(NN)c3ccc(Cl)cc3Br)oc12. The van der Waals surface area contributed by atoms with E-state index in [-0.39, 0.29) is 6.04 Å². The van der Waals surface area contributed by atoms with Gasteiger partial charge in [-0.15, -0.1) is 0 Å². The van der Waals surface area contributed by atoms with Gasteiger partial charge < -0.3 is 4.42 Å². The van der Waals surface area contributed by atoms with Gasteiger partial charge in [0.1, 0.15) is 17.4 Å². The third-order valence-electron chi connectivity index (χ3n) is 3.48. The minimum Gasteiger partial charge on any atom is -0.459 e. The van der Waals surface area contributed by atoms with Crippen LogP contribution in [-0.2, 0) is 0 Å². The highest BCUT2D eigenvalue weighted by atomic mass is 79.9. The van der Waals surface area contributed by atoms with Gasteiger partial charge in [0, 0.05) is 14.9 Å². The van der Waals surface area contributed by atoms with Gasteiger partial charge >= 0.3 is 0 Å². The van der Waals surface area contributed by atoms with Crippen molar-refractivity contribution < 1.29 is 4.42 Å². The second-order valence-corrected chi connectivity index (χ2v) is 6.20. The van der Waals surface area contributed by atoms with Crippen molar-refractivity contribution in [2.24, 2.45) is 5.84 Å². The van der Waals surface area contributed by atoms with Gasteiger partial charge in [0.2, 0.25) is 0 Å². The first kappa shape index (κ1) is 14.6. The van der Waals surface area contributed by atoms with E-state index < -0.39 is 0 Å². The van der Waals surface area contributed by atoms with Gasteiger partial charge in [0.25, 0.3) is 0 Å². The maximum Gasteiger partial charge on any atom is 0.137 e. The van der Waals surface area contributed by atoms with Crippen LogP contribution in [0.5, 0.6) is 0 Å². The van der Waals surface area contributed by atoms with Gasteiger partial charge in [-0.1, -0.05) is 51.8 Å². The summed E-state index contributed by atoms with van der Waals surface area (Å²) in [6.45, 7) is 2.03. The largest absolute Gasteiger partial charge is 0.459 e. The molecule has 0 aliphatic heterocycles. The Hall–Kier alpha value is -1.33. The molecule has 0 aliphatic rings. The number of nitrogens with two attached hydrogens (primary N) is 1. The van der Waals surface area contributed by atoms with Gasteiger partial charge in [0.05, 0.1) is 0 Å². The molecule has 1 aromatic heterocycles. The maximum atomic E-state index is 6.00. The summed E-state index contributed by atoms with van der Waals surface area (Å²) in [5.74, 6) is 6.51. The van der Waals surface area contributed by atoms with Crippen molar-refractivity contribution in [2.45, 2.75) is 13.0 Å². The number of fused-ring (bicyclic) bond motifs is 1. The number of benzene rings is 2. The van der Waals surface area contributed by atoms with Crippen LogP contribution in [0.2, 0.25) is 5.02 Å². The van der Waals surface area contributed by atoms with Crippen molar-refractivity contribution in [3.8, 4) is 0 Å². The lowest BCUT2D eigenvalue weighted by Gasteiger charge is -2.15. The zero-order valence-electron chi connectivity index (χ0n) is 11.4. The van der Waals surface area contributed by atoms with Crippen LogP contribution in [-0.4, -0.2) is 0 Å². The number of hydrazine groups is 1. The van der Waals surface area contributed by atoms with Crippen LogP contribution < -0.4 is 11.3 Å². The van der Waals surface area contributed by atoms with Crippen molar-refractivity contribution >= 4 is 38.5 Å². The van der Waals surface area contributed by atoms with E-state index in [0.717, 1.165) is 32.3 Å². The summed E-state index contributed by atoms with van der Waals surface area (Å²) < 4.78 is 6.88. The third kappa shape index (κ3) is 2.72. The fraction of sp³-hybridized carbons (Fsp3) is 0.125. The number of hydrogen-bond acceptors (Lipinski definition) is 3. The minimum absolute atomic E-state index is 0.247. The molecule has 0 fully saturated rings. The predicted octanol–water partition coefficient (Wildman–Crippen LogP) is 4.71. The third-order valence-corrected chi connectivity index (χ3v) is 4.41. The van der Waals surface area contributed by atoms with Gasteiger partial charge in [-0.25, -0.2) is 5.43 Å². The molecule has 0 bridgehead atoms. The predicted molar refractivity (Wildman–Crippen MR) is 89.3 cm³/mol. The Morgan fingerprint density at radius 1 is 1.24 bits per heavy atom. The fourth-order valence-electron chi connectivity index (χ4n) is 2.43. The van der Waals surface area contributed by atoms with Crippen LogP contribution in [0.3, 0.4) is 0 Å². The molecule has 21 heavy (non-hydrogen) atoms. The molecule has 3 nitrogen and oxygen atoms in total. The van der Waals surface area contributed by atoms with Gasteiger partial charge in [-0.2, -0.15) is 0 Å². The van der Waals surface area contributed by atoms with E-state index >= 15 is 0 Å². The highest BCUT2D eigenvalue weighted by Crippen LogP contribution is 2.33. The van der Waals surface area contributed by atoms with Gasteiger partial charge in [-0.3, -0.25) is 5.84 Å². The molecule has 3 N–H and O–H groups in total. The Morgan fingerprint density at radius 3 is 2.71 bits per heavy atom. The van der Waals surface area contributed by atoms with Crippen molar-refractivity contribution in [3.63, 3.8) is 0 Å². The van der Waals surface area contributed by atoms with Crippen LogP contribution in [0, 0.1) is 6.92 Å². The number of rotatable bonds is 3. The summed E-state index contributed by atoms with van der Waals surface area (Å²) in [4.78, 5) is 0. The molecule has 0 saturated heterocycles. The molecular formula is C16H14BrClN2O. The Bertz CT molecular complexity index is 800. The Balaban J connectivity index is 2.11. The number of para-hydroxylation sites is 1. The zero-order chi connectivity index (χ0) is 15.0. The van der Waals surface area contributed by atoms with Crippen LogP contribution in [0.15, 0.2) is 51.4 Å². The lowest BCUT2D eigenvalue weighted by molar-refractivity contribution is 0.475. The molecule has 0 spiro atoms. The first-order valence-electron chi connectivity index (χ1n) is 6.50. The minimum atomic E-state index is -0.247. The van der Waals surface area contributed by atoms with Crippen LogP contribution in [0.25, 0.3) is 11.0 Å². The summed E-state index contributed by atoms with van der Waals surface area (Å²) in [5, 5.41) is 1.73. The highest BCUT2D eigenvalue weighted by Gasteiger charge is 2.20. The molecule has 0 saturated carbocycles. The van der Waals surface area contributed by atoms with E-state index in [0.29, 0.717) is 5.02 Å². The molecule has 0 amide bonds. The summed E-state index contributed by atoms with van der Waals surface area (Å²) in [6.07, 6.45) is 0. The molecular weight excluding hydrogens is 352 g/mol. The zero-order valence-corrected chi connectivity index (χ0v) is 13.7. The number of furan rings is 1. The Morgan fingerprint density at radius 2 is 2.05 bits per heavy atom. The number of aryl methyl sites for hydroxylation is 1. The number of hydrogen-bond donors (Lipinski definition) is 2. The average Bonchev–Trinajstić information content (AvgIpc) is 2.87. The van der Waals surface area contributed by atoms with E-state index in [1.807, 2.05) is 49.4 Å². The van der Waals surface area contributed by atoms with Crippen molar-refractivity contribution in [3.05, 3.63) is 68.8 Å². The maximum absolute atomic E-state index is 6.00. The molecule has 2 aromatic carbocycles. The van der Waals surface area contributed by atoms with Crippen molar-refractivity contribution in [2.75, 3.05) is 0 Å². The first-order valence-corrected chi connectivity index (χ1v) is 7.67. The average molecular weight is 366 g/mol. The van der Waals surface area contributed by atoms with Crippen molar-refractivity contribution in [1.29, 1.82) is 0 Å². The smallest absolute Gasteiger partial charge is 0.137 e. The quantitative estimate of drug-likeness (QED) is 0.522. The highest BCUT2D eigenvalue weighted by molar-refractivity contribution is 9.10. The van der Waals surface area contributed by atoms with Gasteiger partial charge in [-0.05, 0) is 36.2 Å². The summed E-state index contributed by atoms with van der Waals surface area (Å²) >= 11 is 9.51. The monoisotopic (exact) mass is 364 g/mol. The standard InChI is InChI=1S/C16H14BrClN2O/c1-9-3-2-4-10-7-14(21-16(9)10)15(20-19)12-6-5-11(18)8-13(12)17/h2-8,15,20H,19H2,1H3. The lowest BCUT2D eigenvalue weighted by Crippen LogP contribution is -2.28. The second-order valence-electron chi connectivity index (χ2n) is 4.91. The Labute approximate surface area is 136 Å². The van der Waals surface area contributed by atoms with Crippen LogP contribution in [0.4, 0.5) is 0 Å². The van der Waals surface area contributed by atoms with Gasteiger partial charge in [0.15, 0.2) is 0 Å². The molecule has 3 rings (SSSR count). The molecule has 0 radical (unpaired) electrons. The van der Waals surface area contributed by atoms with E-state index in [1.54, 1.807) is 0 Å². The molecule has 5 heteroatoms. The molecule has 1 unspecified atom stereocenters. The first-order chi connectivity index (χ1) is 10.1. The molecule has 1 heterocycles. The lowest BCUT2D eigenvalue weighted by atomic mass is 10.0. The van der Waals surface area contributed by atoms with E-state index in [4.69, 9.17) is 21.9 Å². The number of nitrogens with one attached hydrogen (secondary N) is 1. The molecule has 1 atom stereocenters. The van der Waals surface area contributed by atoms with Crippen molar-refractivity contribution in [1.82, 2.24) is 5.43 Å². The van der Waals surface area contributed by atoms with Crippen LogP contribution >= 0.6 is 27.5 Å². The second kappa shape index (κ2) is 5.81. The summed E-state index contributed by atoms with van der Waals surface area (Å²) in [7, 11) is 0. The normalized spacial score (nSPS) is 12.8. The molecule has 3 aromatic rings. The molecule has 108 valence electrons. The summed E-state index contributed by atoms with van der Waals surface area (Å²) in [6, 6.07) is 13.4. The topological polar surface area (TPSA) is 51.2 Å².